The predicted molar refractivity (Wildman–Crippen MR) is 67.6 cm³/mol. The van der Waals surface area contributed by atoms with Crippen LogP contribution in [0.2, 0.25) is 5.02 Å². The average molecular weight is 293 g/mol. The second kappa shape index (κ2) is 5.13. The van der Waals surface area contributed by atoms with Crippen molar-refractivity contribution in [2.24, 2.45) is 0 Å². The SMILES string of the molecule is C[C@H]1CNCCN1S(=O)(=O)c1cccc(Cl)c1F. The maximum atomic E-state index is 13.8. The molecule has 18 heavy (non-hydrogen) atoms. The van der Waals surface area contributed by atoms with Crippen molar-refractivity contribution in [2.45, 2.75) is 17.9 Å². The Morgan fingerprint density at radius 3 is 2.89 bits per heavy atom. The Morgan fingerprint density at radius 2 is 2.22 bits per heavy atom. The van der Waals surface area contributed by atoms with E-state index in [1.54, 1.807) is 6.92 Å². The molecule has 0 saturated carbocycles. The zero-order chi connectivity index (χ0) is 13.3. The summed E-state index contributed by atoms with van der Waals surface area (Å²) < 4.78 is 39.9. The molecule has 1 aromatic rings. The molecule has 7 heteroatoms. The van der Waals surface area contributed by atoms with E-state index in [0.717, 1.165) is 0 Å². The summed E-state index contributed by atoms with van der Waals surface area (Å²) in [4.78, 5) is -0.358. The molecule has 0 spiro atoms. The lowest BCUT2D eigenvalue weighted by Crippen LogP contribution is -2.52. The topological polar surface area (TPSA) is 49.4 Å². The third-order valence-corrected chi connectivity index (χ3v) is 5.27. The van der Waals surface area contributed by atoms with Crippen LogP contribution >= 0.6 is 11.6 Å². The van der Waals surface area contributed by atoms with Crippen LogP contribution in [0.4, 0.5) is 4.39 Å². The molecule has 0 amide bonds. The van der Waals surface area contributed by atoms with E-state index in [-0.39, 0.29) is 16.0 Å². The number of hydrogen-bond donors (Lipinski definition) is 1. The van der Waals surface area contributed by atoms with Gasteiger partial charge in [-0.2, -0.15) is 4.31 Å². The van der Waals surface area contributed by atoms with Crippen LogP contribution in [0.5, 0.6) is 0 Å². The highest BCUT2D eigenvalue weighted by atomic mass is 35.5. The molecule has 0 aliphatic carbocycles. The maximum Gasteiger partial charge on any atom is 0.246 e. The highest BCUT2D eigenvalue weighted by molar-refractivity contribution is 7.89. The fraction of sp³-hybridized carbons (Fsp3) is 0.455. The van der Waals surface area contributed by atoms with Gasteiger partial charge in [0, 0.05) is 25.7 Å². The Morgan fingerprint density at radius 1 is 1.50 bits per heavy atom. The average Bonchev–Trinajstić information content (AvgIpc) is 2.32. The summed E-state index contributed by atoms with van der Waals surface area (Å²) in [7, 11) is -3.83. The van der Waals surface area contributed by atoms with Crippen molar-refractivity contribution in [1.82, 2.24) is 9.62 Å². The third-order valence-electron chi connectivity index (χ3n) is 2.94. The van der Waals surface area contributed by atoms with E-state index in [9.17, 15) is 12.8 Å². The number of halogens is 2. The molecule has 2 rings (SSSR count). The van der Waals surface area contributed by atoms with Gasteiger partial charge in [0.1, 0.15) is 4.90 Å². The van der Waals surface area contributed by atoms with Gasteiger partial charge in [0.15, 0.2) is 5.82 Å². The number of piperazine rings is 1. The molecule has 1 saturated heterocycles. The van der Waals surface area contributed by atoms with Crippen molar-refractivity contribution in [3.8, 4) is 0 Å². The predicted octanol–water partition coefficient (Wildman–Crippen LogP) is 1.46. The van der Waals surface area contributed by atoms with Crippen molar-refractivity contribution in [1.29, 1.82) is 0 Å². The molecule has 1 aliphatic rings. The van der Waals surface area contributed by atoms with E-state index in [1.807, 2.05) is 0 Å². The third kappa shape index (κ3) is 2.38. The highest BCUT2D eigenvalue weighted by Gasteiger charge is 2.33. The van der Waals surface area contributed by atoms with Gasteiger partial charge in [0.2, 0.25) is 10.0 Å². The first-order chi connectivity index (χ1) is 8.44. The molecule has 1 N–H and O–H groups in total. The van der Waals surface area contributed by atoms with Crippen LogP contribution in [0, 0.1) is 5.82 Å². The zero-order valence-corrected chi connectivity index (χ0v) is 11.4. The minimum atomic E-state index is -3.83. The van der Waals surface area contributed by atoms with Gasteiger partial charge in [-0.3, -0.25) is 0 Å². The van der Waals surface area contributed by atoms with Crippen molar-refractivity contribution in [3.63, 3.8) is 0 Å². The fourth-order valence-electron chi connectivity index (χ4n) is 1.99. The molecule has 1 aromatic carbocycles. The summed E-state index contributed by atoms with van der Waals surface area (Å²) in [5, 5.41) is 2.91. The molecule has 0 radical (unpaired) electrons. The second-order valence-electron chi connectivity index (χ2n) is 4.22. The van der Waals surface area contributed by atoms with Gasteiger partial charge in [-0.25, -0.2) is 12.8 Å². The summed E-state index contributed by atoms with van der Waals surface area (Å²) in [6.45, 7) is 3.23. The van der Waals surface area contributed by atoms with Crippen molar-refractivity contribution in [2.75, 3.05) is 19.6 Å². The fourth-order valence-corrected chi connectivity index (χ4v) is 3.94. The molecule has 1 heterocycles. The van der Waals surface area contributed by atoms with Gasteiger partial charge >= 0.3 is 0 Å². The van der Waals surface area contributed by atoms with E-state index in [4.69, 9.17) is 11.6 Å². The van der Waals surface area contributed by atoms with Crippen molar-refractivity contribution in [3.05, 3.63) is 29.0 Å². The van der Waals surface area contributed by atoms with Crippen LogP contribution in [0.3, 0.4) is 0 Å². The highest BCUT2D eigenvalue weighted by Crippen LogP contribution is 2.26. The monoisotopic (exact) mass is 292 g/mol. The van der Waals surface area contributed by atoms with Crippen LogP contribution in [-0.2, 0) is 10.0 Å². The Hall–Kier alpha value is -0.690. The molecular formula is C11H14ClFN2O2S. The molecule has 4 nitrogen and oxygen atoms in total. The number of rotatable bonds is 2. The van der Waals surface area contributed by atoms with Gasteiger partial charge in [0.25, 0.3) is 0 Å². The Bertz CT molecular complexity index is 550. The summed E-state index contributed by atoms with van der Waals surface area (Å²) in [6, 6.07) is 3.80. The lowest BCUT2D eigenvalue weighted by atomic mass is 10.3. The Balaban J connectivity index is 2.44. The van der Waals surface area contributed by atoms with E-state index in [1.165, 1.54) is 22.5 Å². The van der Waals surface area contributed by atoms with Crippen LogP contribution in [-0.4, -0.2) is 38.4 Å². The van der Waals surface area contributed by atoms with Crippen LogP contribution in [0.15, 0.2) is 23.1 Å². The first-order valence-corrected chi connectivity index (χ1v) is 7.43. The molecular weight excluding hydrogens is 279 g/mol. The first-order valence-electron chi connectivity index (χ1n) is 5.61. The van der Waals surface area contributed by atoms with E-state index in [2.05, 4.69) is 5.32 Å². The molecule has 0 bridgehead atoms. The molecule has 1 fully saturated rings. The lowest BCUT2D eigenvalue weighted by Gasteiger charge is -2.32. The normalized spacial score (nSPS) is 22.1. The van der Waals surface area contributed by atoms with Crippen molar-refractivity contribution < 1.29 is 12.8 Å². The van der Waals surface area contributed by atoms with E-state index >= 15 is 0 Å². The van der Waals surface area contributed by atoms with Crippen molar-refractivity contribution >= 4 is 21.6 Å². The van der Waals surface area contributed by atoms with Crippen LogP contribution in [0.1, 0.15) is 6.92 Å². The number of nitrogens with one attached hydrogen (secondary N) is 1. The first kappa shape index (κ1) is 13.7. The van der Waals surface area contributed by atoms with Gasteiger partial charge in [-0.05, 0) is 19.1 Å². The molecule has 1 atom stereocenters. The summed E-state index contributed by atoms with van der Waals surface area (Å²) in [5.74, 6) is -0.884. The maximum absolute atomic E-state index is 13.8. The second-order valence-corrected chi connectivity index (χ2v) is 6.49. The van der Waals surface area contributed by atoms with Gasteiger partial charge in [0.05, 0.1) is 5.02 Å². The van der Waals surface area contributed by atoms with Gasteiger partial charge in [-0.1, -0.05) is 17.7 Å². The zero-order valence-electron chi connectivity index (χ0n) is 9.86. The lowest BCUT2D eigenvalue weighted by molar-refractivity contribution is 0.283. The number of benzene rings is 1. The smallest absolute Gasteiger partial charge is 0.246 e. The number of sulfonamides is 1. The largest absolute Gasteiger partial charge is 0.314 e. The molecule has 1 aliphatic heterocycles. The summed E-state index contributed by atoms with van der Waals surface area (Å²) in [6.07, 6.45) is 0. The molecule has 100 valence electrons. The summed E-state index contributed by atoms with van der Waals surface area (Å²) in [5.41, 5.74) is 0. The molecule has 0 aromatic heterocycles. The molecule has 0 unspecified atom stereocenters. The Labute approximate surface area is 111 Å². The quantitative estimate of drug-likeness (QED) is 0.898. The van der Waals surface area contributed by atoms with E-state index < -0.39 is 15.8 Å². The van der Waals surface area contributed by atoms with Gasteiger partial charge < -0.3 is 5.32 Å². The van der Waals surface area contributed by atoms with Gasteiger partial charge in [-0.15, -0.1) is 0 Å². The van der Waals surface area contributed by atoms with E-state index in [0.29, 0.717) is 19.6 Å². The minimum absolute atomic E-state index is 0.182. The number of nitrogens with zero attached hydrogens (tertiary/aromatic N) is 1. The Kier molecular flexibility index (Phi) is 3.91. The van der Waals surface area contributed by atoms with Crippen LogP contribution in [0.25, 0.3) is 0 Å². The minimum Gasteiger partial charge on any atom is -0.314 e. The summed E-state index contributed by atoms with van der Waals surface area (Å²) >= 11 is 5.62. The number of hydrogen-bond acceptors (Lipinski definition) is 3. The van der Waals surface area contributed by atoms with Crippen LogP contribution < -0.4 is 5.32 Å². The standard InChI is InChI=1S/C11H14ClFN2O2S/c1-8-7-14-5-6-15(8)18(16,17)10-4-2-3-9(12)11(10)13/h2-4,8,14H,5-7H2,1H3/t8-/m0/s1.